The van der Waals surface area contributed by atoms with E-state index >= 15 is 0 Å². The second-order valence-electron chi connectivity index (χ2n) is 4.18. The fourth-order valence-electron chi connectivity index (χ4n) is 1.92. The van der Waals surface area contributed by atoms with E-state index in [2.05, 4.69) is 26.0 Å². The number of hydrogen-bond donors (Lipinski definition) is 0. The third-order valence-corrected chi connectivity index (χ3v) is 3.50. The summed E-state index contributed by atoms with van der Waals surface area (Å²) < 4.78 is 7.87. The zero-order chi connectivity index (χ0) is 13.2. The highest BCUT2D eigenvalue weighted by atomic mass is 79.9. The van der Waals surface area contributed by atoms with Crippen molar-refractivity contribution in [2.45, 2.75) is 6.42 Å². The highest BCUT2D eigenvalue weighted by Gasteiger charge is 2.07. The summed E-state index contributed by atoms with van der Waals surface area (Å²) in [5, 5.41) is 4.46. The van der Waals surface area contributed by atoms with Crippen LogP contribution in [0, 0.1) is 0 Å². The number of pyridine rings is 1. The van der Waals surface area contributed by atoms with Gasteiger partial charge in [0, 0.05) is 12.6 Å². The van der Waals surface area contributed by atoms with Gasteiger partial charge in [-0.25, -0.2) is 9.50 Å². The molecule has 0 saturated carbocycles. The summed E-state index contributed by atoms with van der Waals surface area (Å²) in [6.45, 7) is 0. The Balaban J connectivity index is 1.90. The monoisotopic (exact) mass is 317 g/mol. The molecule has 0 saturated heterocycles. The molecule has 0 amide bonds. The van der Waals surface area contributed by atoms with E-state index in [1.165, 1.54) is 0 Å². The third kappa shape index (κ3) is 2.46. The zero-order valence-corrected chi connectivity index (χ0v) is 12.0. The van der Waals surface area contributed by atoms with Crippen molar-refractivity contribution in [3.8, 4) is 5.75 Å². The number of nitrogens with zero attached hydrogens (tertiary/aromatic N) is 3. The Morgan fingerprint density at radius 2 is 2.00 bits per heavy atom. The zero-order valence-electron chi connectivity index (χ0n) is 10.4. The summed E-state index contributed by atoms with van der Waals surface area (Å²) >= 11 is 3.47. The summed E-state index contributed by atoms with van der Waals surface area (Å²) in [4.78, 5) is 4.52. The molecule has 2 aromatic heterocycles. The van der Waals surface area contributed by atoms with Gasteiger partial charge in [-0.05, 0) is 45.8 Å². The number of halogens is 1. The first-order valence-corrected chi connectivity index (χ1v) is 6.68. The van der Waals surface area contributed by atoms with E-state index in [0.29, 0.717) is 6.42 Å². The van der Waals surface area contributed by atoms with Gasteiger partial charge in [0.15, 0.2) is 11.5 Å². The maximum atomic E-state index is 5.14. The van der Waals surface area contributed by atoms with Gasteiger partial charge >= 0.3 is 0 Å². The summed E-state index contributed by atoms with van der Waals surface area (Å²) in [7, 11) is 1.66. The lowest BCUT2D eigenvalue weighted by molar-refractivity contribution is 0.414. The van der Waals surface area contributed by atoms with Gasteiger partial charge in [-0.15, -0.1) is 0 Å². The minimum absolute atomic E-state index is 0.706. The van der Waals surface area contributed by atoms with Gasteiger partial charge in [0.1, 0.15) is 5.75 Å². The van der Waals surface area contributed by atoms with Crippen molar-refractivity contribution in [3.63, 3.8) is 0 Å². The van der Waals surface area contributed by atoms with Crippen LogP contribution in [0.15, 0.2) is 47.1 Å². The topological polar surface area (TPSA) is 39.4 Å². The molecule has 96 valence electrons. The number of fused-ring (bicyclic) bond motifs is 1. The van der Waals surface area contributed by atoms with Crippen LogP contribution in [0.25, 0.3) is 5.65 Å². The van der Waals surface area contributed by atoms with Crippen LogP contribution in [0.5, 0.6) is 5.75 Å². The maximum Gasteiger partial charge on any atom is 0.169 e. The van der Waals surface area contributed by atoms with Crippen LogP contribution < -0.4 is 4.74 Å². The number of aromatic nitrogens is 3. The molecule has 2 heterocycles. The molecule has 0 aliphatic carbocycles. The van der Waals surface area contributed by atoms with Crippen molar-refractivity contribution in [1.82, 2.24) is 14.6 Å². The second-order valence-corrected chi connectivity index (χ2v) is 5.03. The molecule has 0 atom stereocenters. The molecule has 0 radical (unpaired) electrons. The quantitative estimate of drug-likeness (QED) is 0.745. The third-order valence-electron chi connectivity index (χ3n) is 2.88. The second kappa shape index (κ2) is 5.01. The Labute approximate surface area is 119 Å². The van der Waals surface area contributed by atoms with Crippen LogP contribution in [0.1, 0.15) is 11.4 Å². The van der Waals surface area contributed by atoms with Crippen LogP contribution in [0.4, 0.5) is 0 Å². The van der Waals surface area contributed by atoms with E-state index in [1.54, 1.807) is 11.6 Å². The maximum absolute atomic E-state index is 5.14. The normalized spacial score (nSPS) is 10.8. The van der Waals surface area contributed by atoms with E-state index < -0.39 is 0 Å². The van der Waals surface area contributed by atoms with Gasteiger partial charge in [-0.2, -0.15) is 5.10 Å². The Morgan fingerprint density at radius 1 is 1.21 bits per heavy atom. The smallest absolute Gasteiger partial charge is 0.169 e. The van der Waals surface area contributed by atoms with Crippen LogP contribution >= 0.6 is 15.9 Å². The molecule has 0 aliphatic rings. The SMILES string of the molecule is COc1ccc(Cc2nc3c(Br)cccn3n2)cc1. The van der Waals surface area contributed by atoms with E-state index in [-0.39, 0.29) is 0 Å². The number of hydrogen-bond acceptors (Lipinski definition) is 3. The molecule has 0 aliphatic heterocycles. The van der Waals surface area contributed by atoms with E-state index in [4.69, 9.17) is 4.74 Å². The molecule has 3 rings (SSSR count). The largest absolute Gasteiger partial charge is 0.497 e. The van der Waals surface area contributed by atoms with Crippen LogP contribution in [0.2, 0.25) is 0 Å². The van der Waals surface area contributed by atoms with Crippen molar-refractivity contribution in [1.29, 1.82) is 0 Å². The Kier molecular flexibility index (Phi) is 3.21. The molecule has 4 nitrogen and oxygen atoms in total. The van der Waals surface area contributed by atoms with Gasteiger partial charge in [-0.3, -0.25) is 0 Å². The fraction of sp³-hybridized carbons (Fsp3) is 0.143. The lowest BCUT2D eigenvalue weighted by Gasteiger charge is -2.00. The molecule has 3 aromatic rings. The number of benzene rings is 1. The number of rotatable bonds is 3. The molecule has 0 fully saturated rings. The standard InChI is InChI=1S/C14H12BrN3O/c1-19-11-6-4-10(5-7-11)9-13-16-14-12(15)3-2-8-18(14)17-13/h2-8H,9H2,1H3. The average Bonchev–Trinajstić information content (AvgIpc) is 2.84. The van der Waals surface area contributed by atoms with E-state index in [1.807, 2.05) is 42.6 Å². The summed E-state index contributed by atoms with van der Waals surface area (Å²) in [5.41, 5.74) is 2.00. The number of ether oxygens (including phenoxy) is 1. The Bertz CT molecular complexity index is 706. The van der Waals surface area contributed by atoms with E-state index in [9.17, 15) is 0 Å². The van der Waals surface area contributed by atoms with Gasteiger partial charge in [-0.1, -0.05) is 12.1 Å². The minimum atomic E-state index is 0.706. The molecule has 5 heteroatoms. The molecular weight excluding hydrogens is 306 g/mol. The first kappa shape index (κ1) is 12.2. The molecule has 0 unspecified atom stereocenters. The first-order valence-electron chi connectivity index (χ1n) is 5.89. The van der Waals surface area contributed by atoms with Crippen LogP contribution in [-0.4, -0.2) is 21.7 Å². The summed E-state index contributed by atoms with van der Waals surface area (Å²) in [6, 6.07) is 11.8. The van der Waals surface area contributed by atoms with Crippen molar-refractivity contribution in [3.05, 3.63) is 58.5 Å². The van der Waals surface area contributed by atoms with Crippen molar-refractivity contribution >= 4 is 21.6 Å². The molecule has 0 bridgehead atoms. The molecule has 19 heavy (non-hydrogen) atoms. The lowest BCUT2D eigenvalue weighted by Crippen LogP contribution is -1.92. The number of methoxy groups -OCH3 is 1. The highest BCUT2D eigenvalue weighted by Crippen LogP contribution is 2.17. The summed E-state index contributed by atoms with van der Waals surface area (Å²) in [6.07, 6.45) is 2.60. The predicted octanol–water partition coefficient (Wildman–Crippen LogP) is 3.09. The van der Waals surface area contributed by atoms with Crippen molar-refractivity contribution in [2.24, 2.45) is 0 Å². The van der Waals surface area contributed by atoms with Gasteiger partial charge in [0.05, 0.1) is 11.6 Å². The minimum Gasteiger partial charge on any atom is -0.497 e. The van der Waals surface area contributed by atoms with Crippen LogP contribution in [-0.2, 0) is 6.42 Å². The lowest BCUT2D eigenvalue weighted by atomic mass is 10.1. The fourth-order valence-corrected chi connectivity index (χ4v) is 2.34. The van der Waals surface area contributed by atoms with Crippen molar-refractivity contribution in [2.75, 3.05) is 7.11 Å². The molecular formula is C14H12BrN3O. The van der Waals surface area contributed by atoms with Gasteiger partial charge in [0.25, 0.3) is 0 Å². The van der Waals surface area contributed by atoms with Crippen molar-refractivity contribution < 1.29 is 4.74 Å². The Hall–Kier alpha value is -1.88. The molecule has 0 N–H and O–H groups in total. The van der Waals surface area contributed by atoms with Crippen LogP contribution in [0.3, 0.4) is 0 Å². The molecule has 1 aromatic carbocycles. The van der Waals surface area contributed by atoms with E-state index in [0.717, 1.165) is 27.3 Å². The Morgan fingerprint density at radius 3 is 2.68 bits per heavy atom. The average molecular weight is 318 g/mol. The van der Waals surface area contributed by atoms with Gasteiger partial charge < -0.3 is 4.74 Å². The predicted molar refractivity (Wildman–Crippen MR) is 76.5 cm³/mol. The summed E-state index contributed by atoms with van der Waals surface area (Å²) in [5.74, 6) is 1.66. The molecule has 0 spiro atoms. The first-order chi connectivity index (χ1) is 9.26. The van der Waals surface area contributed by atoms with Gasteiger partial charge in [0.2, 0.25) is 0 Å². The highest BCUT2D eigenvalue weighted by molar-refractivity contribution is 9.10.